The van der Waals surface area contributed by atoms with E-state index < -0.39 is 0 Å². The molecule has 0 aliphatic carbocycles. The molecule has 1 heterocycles. The Hall–Kier alpha value is -4.51. The van der Waals surface area contributed by atoms with Gasteiger partial charge in [-0.05, 0) is 84.7 Å². The molecular weight excluding hydrogens is 504 g/mol. The summed E-state index contributed by atoms with van der Waals surface area (Å²) in [4.78, 5) is 0. The Morgan fingerprint density at radius 1 is 1.08 bits per heavy atom. The number of tetrazole rings is 1. The van der Waals surface area contributed by atoms with Crippen molar-refractivity contribution in [2.45, 2.75) is 12.8 Å². The smallest absolute Gasteiger partial charge is 0.242 e. The van der Waals surface area contributed by atoms with Crippen LogP contribution in [0.1, 0.15) is 17.5 Å². The minimum atomic E-state index is -0.00979. The molecule has 0 spiro atoms. The number of rotatable bonds is 12. The molecule has 0 amide bonds. The van der Waals surface area contributed by atoms with E-state index in [9.17, 15) is 5.11 Å². The molecule has 4 N–H and O–H groups in total. The van der Waals surface area contributed by atoms with Crippen molar-refractivity contribution in [1.29, 1.82) is 0 Å². The number of methoxy groups -OCH3 is 2. The number of aromatic nitrogens is 4. The molecule has 0 saturated carbocycles. The van der Waals surface area contributed by atoms with Crippen molar-refractivity contribution < 1.29 is 19.3 Å². The molecule has 0 saturated heterocycles. The number of benzene rings is 3. The maximum absolute atomic E-state index is 10.1. The maximum atomic E-state index is 10.1. The molecule has 198 valence electrons. The minimum Gasteiger partial charge on any atom is -0.502 e. The summed E-state index contributed by atoms with van der Waals surface area (Å²) in [6, 6.07) is 17.2. The van der Waals surface area contributed by atoms with E-state index in [0.717, 1.165) is 46.8 Å². The summed E-state index contributed by atoms with van der Waals surface area (Å²) in [6.07, 6.45) is 5.67. The Bertz CT molecular complexity index is 1440. The lowest BCUT2D eigenvalue weighted by molar-refractivity contribution is 0.340. The monoisotopic (exact) mass is 534 g/mol. The predicted octanol–water partition coefficient (Wildman–Crippen LogP) is 5.18. The van der Waals surface area contributed by atoms with E-state index in [1.807, 2.05) is 55.6 Å². The molecule has 3 aromatic carbocycles. The van der Waals surface area contributed by atoms with Gasteiger partial charge in [0.25, 0.3) is 0 Å². The van der Waals surface area contributed by atoms with Gasteiger partial charge in [-0.3, -0.25) is 0 Å². The van der Waals surface area contributed by atoms with Crippen molar-refractivity contribution in [3.63, 3.8) is 0 Å². The SMILES string of the molecule is CNc1ccc(OCNc2cccc(-n3[nH]nnc3=S)c2)cc1CC/C=C/c1cc(OC)c(O)c(OC)c1. The maximum Gasteiger partial charge on any atom is 0.242 e. The molecule has 0 aliphatic heterocycles. The molecule has 1 aromatic heterocycles. The number of aromatic amines is 1. The fourth-order valence-corrected chi connectivity index (χ4v) is 4.09. The number of phenols is 1. The normalized spacial score (nSPS) is 10.9. The first-order valence-corrected chi connectivity index (χ1v) is 12.3. The van der Waals surface area contributed by atoms with Crippen LogP contribution >= 0.6 is 12.2 Å². The molecule has 0 atom stereocenters. The third-order valence-electron chi connectivity index (χ3n) is 5.83. The van der Waals surface area contributed by atoms with Gasteiger partial charge in [-0.25, -0.2) is 4.68 Å². The second-order valence-corrected chi connectivity index (χ2v) is 8.58. The molecular formula is C27H30N6O4S. The van der Waals surface area contributed by atoms with Crippen molar-refractivity contribution >= 4 is 29.7 Å². The molecule has 0 fully saturated rings. The number of nitrogens with zero attached hydrogens (tertiary/aromatic N) is 3. The summed E-state index contributed by atoms with van der Waals surface area (Å²) in [5.41, 5.74) is 4.76. The van der Waals surface area contributed by atoms with E-state index >= 15 is 0 Å². The zero-order valence-corrected chi connectivity index (χ0v) is 22.2. The van der Waals surface area contributed by atoms with E-state index in [4.69, 9.17) is 26.4 Å². The largest absolute Gasteiger partial charge is 0.502 e. The number of aryl methyl sites for hydroxylation is 1. The first-order chi connectivity index (χ1) is 18.5. The van der Waals surface area contributed by atoms with E-state index in [0.29, 0.717) is 23.0 Å². The van der Waals surface area contributed by atoms with Crippen LogP contribution in [0.25, 0.3) is 11.8 Å². The fourth-order valence-electron chi connectivity index (χ4n) is 3.90. The van der Waals surface area contributed by atoms with E-state index in [1.165, 1.54) is 14.2 Å². The van der Waals surface area contributed by atoms with Crippen molar-refractivity contribution in [1.82, 2.24) is 20.2 Å². The lowest BCUT2D eigenvalue weighted by Crippen LogP contribution is -2.10. The van der Waals surface area contributed by atoms with E-state index in [-0.39, 0.29) is 5.75 Å². The Morgan fingerprint density at radius 3 is 2.55 bits per heavy atom. The highest BCUT2D eigenvalue weighted by Crippen LogP contribution is 2.37. The predicted molar refractivity (Wildman–Crippen MR) is 150 cm³/mol. The van der Waals surface area contributed by atoms with Gasteiger partial charge in [0, 0.05) is 18.4 Å². The van der Waals surface area contributed by atoms with E-state index in [2.05, 4.69) is 32.2 Å². The zero-order valence-electron chi connectivity index (χ0n) is 21.4. The van der Waals surface area contributed by atoms with Crippen LogP contribution in [0.5, 0.6) is 23.0 Å². The lowest BCUT2D eigenvalue weighted by Gasteiger charge is -2.13. The average Bonchev–Trinajstić information content (AvgIpc) is 3.37. The standard InChI is InChI=1S/C27H30N6O4S/c1-28-23-12-11-22(37-17-29-20-9-6-10-21(16-20)33-27(38)30-31-32-33)15-19(23)8-5-4-7-18-13-24(35-2)26(34)25(14-18)36-3/h4,6-7,9-16,28-29,34H,5,8,17H2,1-3H3,(H,30,32,38)/b7-4+. The van der Waals surface area contributed by atoms with Gasteiger partial charge in [-0.2, -0.15) is 5.21 Å². The second-order valence-electron chi connectivity index (χ2n) is 8.22. The van der Waals surface area contributed by atoms with E-state index in [1.54, 1.807) is 16.8 Å². The third-order valence-corrected chi connectivity index (χ3v) is 6.09. The Balaban J connectivity index is 1.36. The van der Waals surface area contributed by atoms with Gasteiger partial charge in [0.15, 0.2) is 18.2 Å². The Labute approximate surface area is 225 Å². The summed E-state index contributed by atoms with van der Waals surface area (Å²) < 4.78 is 18.4. The van der Waals surface area contributed by atoms with Crippen LogP contribution in [0, 0.1) is 4.77 Å². The molecule has 0 radical (unpaired) electrons. The van der Waals surface area contributed by atoms with Crippen molar-refractivity contribution in [3.05, 3.63) is 76.6 Å². The summed E-state index contributed by atoms with van der Waals surface area (Å²) in [6.45, 7) is 0.291. The van der Waals surface area contributed by atoms with Crippen molar-refractivity contribution in [3.8, 4) is 28.7 Å². The summed E-state index contributed by atoms with van der Waals surface area (Å²) in [5, 5.41) is 26.9. The Morgan fingerprint density at radius 2 is 1.87 bits per heavy atom. The first-order valence-electron chi connectivity index (χ1n) is 11.9. The Kier molecular flexibility index (Phi) is 8.83. The van der Waals surface area contributed by atoms with Crippen LogP contribution in [-0.2, 0) is 6.42 Å². The number of anilines is 2. The molecule has 4 aromatic rings. The van der Waals surface area contributed by atoms with Crippen LogP contribution in [0.2, 0.25) is 0 Å². The molecule has 38 heavy (non-hydrogen) atoms. The molecule has 0 aliphatic rings. The van der Waals surface area contributed by atoms with Crippen LogP contribution in [0.15, 0.2) is 60.7 Å². The van der Waals surface area contributed by atoms with Crippen LogP contribution in [0.3, 0.4) is 0 Å². The van der Waals surface area contributed by atoms with Gasteiger partial charge < -0.3 is 30.0 Å². The summed E-state index contributed by atoms with van der Waals surface area (Å²) >= 11 is 5.17. The quantitative estimate of drug-likeness (QED) is 0.144. The number of hydrogen-bond donors (Lipinski definition) is 4. The number of nitrogens with one attached hydrogen (secondary N) is 3. The molecule has 0 bridgehead atoms. The number of H-pyrrole nitrogens is 1. The van der Waals surface area contributed by atoms with Gasteiger partial charge in [-0.1, -0.05) is 28.5 Å². The first kappa shape index (κ1) is 26.6. The summed E-state index contributed by atoms with van der Waals surface area (Å²) in [7, 11) is 4.93. The van der Waals surface area contributed by atoms with Crippen molar-refractivity contribution in [2.75, 3.05) is 38.6 Å². The number of hydrogen-bond acceptors (Lipinski definition) is 9. The number of allylic oxidation sites excluding steroid dienone is 1. The zero-order chi connectivity index (χ0) is 26.9. The molecule has 0 unspecified atom stereocenters. The van der Waals surface area contributed by atoms with Crippen LogP contribution in [0.4, 0.5) is 11.4 Å². The average molecular weight is 535 g/mol. The van der Waals surface area contributed by atoms with Gasteiger partial charge in [-0.15, -0.1) is 0 Å². The van der Waals surface area contributed by atoms with Gasteiger partial charge in [0.1, 0.15) is 5.75 Å². The highest BCUT2D eigenvalue weighted by atomic mass is 32.1. The molecule has 4 rings (SSSR count). The number of phenolic OH excluding ortho intramolecular Hbond substituents is 1. The van der Waals surface area contributed by atoms with Crippen LogP contribution in [-0.4, -0.2) is 53.3 Å². The number of aromatic hydroxyl groups is 1. The third kappa shape index (κ3) is 6.43. The highest BCUT2D eigenvalue weighted by molar-refractivity contribution is 7.71. The highest BCUT2D eigenvalue weighted by Gasteiger charge is 2.10. The van der Waals surface area contributed by atoms with Gasteiger partial charge >= 0.3 is 0 Å². The molecule has 10 nitrogen and oxygen atoms in total. The minimum absolute atomic E-state index is 0.00979. The van der Waals surface area contributed by atoms with Gasteiger partial charge in [0.05, 0.1) is 19.9 Å². The molecule has 11 heteroatoms. The fraction of sp³-hybridized carbons (Fsp3) is 0.222. The van der Waals surface area contributed by atoms with Crippen molar-refractivity contribution in [2.24, 2.45) is 0 Å². The topological polar surface area (TPSA) is 118 Å². The lowest BCUT2D eigenvalue weighted by atomic mass is 10.1. The second kappa shape index (κ2) is 12.6. The van der Waals surface area contributed by atoms with Gasteiger partial charge in [0.2, 0.25) is 10.5 Å². The number of ether oxygens (including phenoxy) is 3. The van der Waals surface area contributed by atoms with Crippen LogP contribution < -0.4 is 24.8 Å². The summed E-state index contributed by atoms with van der Waals surface area (Å²) in [5.74, 6) is 1.49.